The van der Waals surface area contributed by atoms with Crippen LogP contribution < -0.4 is 4.74 Å². The summed E-state index contributed by atoms with van der Waals surface area (Å²) in [5.41, 5.74) is 1.34. The third-order valence-electron chi connectivity index (χ3n) is 3.41. The summed E-state index contributed by atoms with van der Waals surface area (Å²) in [7, 11) is 0. The number of aromatic nitrogens is 1. The molecule has 0 aliphatic heterocycles. The predicted molar refractivity (Wildman–Crippen MR) is 90.4 cm³/mol. The lowest BCUT2D eigenvalue weighted by Gasteiger charge is -2.15. The molecule has 1 heterocycles. The first-order chi connectivity index (χ1) is 11.8. The van der Waals surface area contributed by atoms with Crippen molar-refractivity contribution in [2.24, 2.45) is 0 Å². The molecule has 0 saturated carbocycles. The van der Waals surface area contributed by atoms with E-state index < -0.39 is 17.6 Å². The highest BCUT2D eigenvalue weighted by atomic mass is 19.1. The number of rotatable bonds is 6. The van der Waals surface area contributed by atoms with Crippen LogP contribution in [0.25, 0.3) is 11.3 Å². The van der Waals surface area contributed by atoms with Crippen molar-refractivity contribution in [1.82, 2.24) is 4.98 Å². The molecule has 1 aromatic carbocycles. The molecule has 0 aliphatic carbocycles. The Bertz CT molecular complexity index is 760. The third kappa shape index (κ3) is 4.98. The van der Waals surface area contributed by atoms with E-state index in [1.54, 1.807) is 26.0 Å². The summed E-state index contributed by atoms with van der Waals surface area (Å²) in [6, 6.07) is 6.71. The highest BCUT2D eigenvalue weighted by Crippen LogP contribution is 2.31. The van der Waals surface area contributed by atoms with Gasteiger partial charge in [-0.05, 0) is 37.5 Å². The van der Waals surface area contributed by atoms with Gasteiger partial charge in [-0.1, -0.05) is 19.9 Å². The molecule has 0 saturated heterocycles. The van der Waals surface area contributed by atoms with Crippen LogP contribution in [0.15, 0.2) is 30.3 Å². The standard InChI is InChI=1S/C19H21F2NO3/c1-11(2)14-7-8-17(24-10-18(23)25-12(3)4)22-19(14)15-6-5-13(20)9-16(15)21/h5-9,11-12H,10H2,1-4H3. The topological polar surface area (TPSA) is 48.4 Å². The summed E-state index contributed by atoms with van der Waals surface area (Å²) in [5, 5.41) is 0. The molecule has 0 unspecified atom stereocenters. The second kappa shape index (κ2) is 8.05. The third-order valence-corrected chi connectivity index (χ3v) is 3.41. The van der Waals surface area contributed by atoms with Crippen LogP contribution in [0.4, 0.5) is 8.78 Å². The molecule has 134 valence electrons. The van der Waals surface area contributed by atoms with E-state index in [4.69, 9.17) is 9.47 Å². The monoisotopic (exact) mass is 349 g/mol. The summed E-state index contributed by atoms with van der Waals surface area (Å²) in [4.78, 5) is 15.9. The Morgan fingerprint density at radius 3 is 2.44 bits per heavy atom. The largest absolute Gasteiger partial charge is 0.466 e. The SMILES string of the molecule is CC(C)OC(=O)COc1ccc(C(C)C)c(-c2ccc(F)cc2F)n1. The quantitative estimate of drug-likeness (QED) is 0.722. The van der Waals surface area contributed by atoms with Gasteiger partial charge in [-0.25, -0.2) is 18.6 Å². The maximum absolute atomic E-state index is 14.2. The van der Waals surface area contributed by atoms with E-state index >= 15 is 0 Å². The van der Waals surface area contributed by atoms with Crippen molar-refractivity contribution in [2.75, 3.05) is 6.61 Å². The molecule has 1 aromatic heterocycles. The van der Waals surface area contributed by atoms with E-state index in [-0.39, 0.29) is 30.1 Å². The molecule has 25 heavy (non-hydrogen) atoms. The maximum Gasteiger partial charge on any atom is 0.344 e. The number of benzene rings is 1. The molecular formula is C19H21F2NO3. The lowest BCUT2D eigenvalue weighted by molar-refractivity contribution is -0.149. The van der Waals surface area contributed by atoms with Crippen LogP contribution >= 0.6 is 0 Å². The Morgan fingerprint density at radius 2 is 1.84 bits per heavy atom. The average molecular weight is 349 g/mol. The summed E-state index contributed by atoms with van der Waals surface area (Å²) in [6.07, 6.45) is -0.240. The van der Waals surface area contributed by atoms with Gasteiger partial charge in [0.05, 0.1) is 11.8 Å². The van der Waals surface area contributed by atoms with Gasteiger partial charge in [0.2, 0.25) is 5.88 Å². The van der Waals surface area contributed by atoms with Gasteiger partial charge in [0, 0.05) is 17.7 Å². The minimum Gasteiger partial charge on any atom is -0.466 e. The zero-order valence-corrected chi connectivity index (χ0v) is 14.7. The molecular weight excluding hydrogens is 328 g/mol. The molecule has 2 aromatic rings. The summed E-state index contributed by atoms with van der Waals surface area (Å²) in [6.45, 7) is 7.08. The number of esters is 1. The van der Waals surface area contributed by atoms with Gasteiger partial charge in [-0.2, -0.15) is 0 Å². The zero-order chi connectivity index (χ0) is 18.6. The van der Waals surface area contributed by atoms with E-state index in [2.05, 4.69) is 4.98 Å². The fourth-order valence-electron chi connectivity index (χ4n) is 2.33. The maximum atomic E-state index is 14.2. The van der Waals surface area contributed by atoms with Crippen LogP contribution in [-0.2, 0) is 9.53 Å². The number of carbonyl (C=O) groups is 1. The predicted octanol–water partition coefficient (Wildman–Crippen LogP) is 4.48. The van der Waals surface area contributed by atoms with Crippen molar-refractivity contribution in [3.05, 3.63) is 47.5 Å². The lowest BCUT2D eigenvalue weighted by Crippen LogP contribution is -2.19. The average Bonchev–Trinajstić information content (AvgIpc) is 2.52. The van der Waals surface area contributed by atoms with Crippen molar-refractivity contribution in [3.8, 4) is 17.1 Å². The van der Waals surface area contributed by atoms with Crippen molar-refractivity contribution in [1.29, 1.82) is 0 Å². The molecule has 0 spiro atoms. The number of hydrogen-bond donors (Lipinski definition) is 0. The summed E-state index contributed by atoms with van der Waals surface area (Å²) >= 11 is 0. The number of halogens is 2. The summed E-state index contributed by atoms with van der Waals surface area (Å²) in [5.74, 6) is -1.63. The second-order valence-electron chi connectivity index (χ2n) is 6.19. The first-order valence-corrected chi connectivity index (χ1v) is 8.06. The van der Waals surface area contributed by atoms with Gasteiger partial charge in [0.15, 0.2) is 6.61 Å². The molecule has 0 atom stereocenters. The summed E-state index contributed by atoms with van der Waals surface area (Å²) < 4.78 is 37.7. The van der Waals surface area contributed by atoms with Crippen LogP contribution in [0.5, 0.6) is 5.88 Å². The van der Waals surface area contributed by atoms with Crippen LogP contribution in [-0.4, -0.2) is 23.7 Å². The van der Waals surface area contributed by atoms with Crippen LogP contribution in [0.3, 0.4) is 0 Å². The molecule has 0 N–H and O–H groups in total. The normalized spacial score (nSPS) is 11.0. The Kier molecular flexibility index (Phi) is 6.07. The Morgan fingerprint density at radius 1 is 1.12 bits per heavy atom. The first-order valence-electron chi connectivity index (χ1n) is 8.06. The Balaban J connectivity index is 2.32. The van der Waals surface area contributed by atoms with Gasteiger partial charge >= 0.3 is 5.97 Å². The van der Waals surface area contributed by atoms with E-state index in [1.165, 1.54) is 12.1 Å². The molecule has 4 nitrogen and oxygen atoms in total. The molecule has 0 bridgehead atoms. The number of nitrogens with zero attached hydrogens (tertiary/aromatic N) is 1. The van der Waals surface area contributed by atoms with Crippen LogP contribution in [0, 0.1) is 11.6 Å². The Hall–Kier alpha value is -2.50. The smallest absolute Gasteiger partial charge is 0.344 e. The molecule has 6 heteroatoms. The molecule has 2 rings (SSSR count). The number of pyridine rings is 1. The van der Waals surface area contributed by atoms with Crippen molar-refractivity contribution in [3.63, 3.8) is 0 Å². The van der Waals surface area contributed by atoms with Crippen LogP contribution in [0.2, 0.25) is 0 Å². The molecule has 0 radical (unpaired) electrons. The molecule has 0 fully saturated rings. The van der Waals surface area contributed by atoms with Gasteiger partial charge in [0.25, 0.3) is 0 Å². The first kappa shape index (κ1) is 18.8. The van der Waals surface area contributed by atoms with Gasteiger partial charge in [0.1, 0.15) is 11.6 Å². The zero-order valence-electron chi connectivity index (χ0n) is 14.7. The van der Waals surface area contributed by atoms with E-state index in [1.807, 2.05) is 13.8 Å². The second-order valence-corrected chi connectivity index (χ2v) is 6.19. The number of carbonyl (C=O) groups excluding carboxylic acids is 1. The lowest BCUT2D eigenvalue weighted by atomic mass is 9.97. The van der Waals surface area contributed by atoms with E-state index in [9.17, 15) is 13.6 Å². The minimum absolute atomic E-state index is 0.0758. The van der Waals surface area contributed by atoms with Crippen LogP contribution in [0.1, 0.15) is 39.2 Å². The van der Waals surface area contributed by atoms with Gasteiger partial charge < -0.3 is 9.47 Å². The molecule has 0 aliphatic rings. The van der Waals surface area contributed by atoms with Crippen molar-refractivity contribution >= 4 is 5.97 Å². The fourth-order valence-corrected chi connectivity index (χ4v) is 2.33. The van der Waals surface area contributed by atoms with E-state index in [0.29, 0.717) is 5.69 Å². The van der Waals surface area contributed by atoms with Gasteiger partial charge in [-0.15, -0.1) is 0 Å². The number of ether oxygens (including phenoxy) is 2. The minimum atomic E-state index is -0.703. The van der Waals surface area contributed by atoms with Crippen molar-refractivity contribution in [2.45, 2.75) is 39.7 Å². The Labute approximate surface area is 145 Å². The van der Waals surface area contributed by atoms with E-state index in [0.717, 1.165) is 11.6 Å². The highest BCUT2D eigenvalue weighted by molar-refractivity contribution is 5.71. The fraction of sp³-hybridized carbons (Fsp3) is 0.368. The van der Waals surface area contributed by atoms with Crippen molar-refractivity contribution < 1.29 is 23.0 Å². The molecule has 0 amide bonds. The highest BCUT2D eigenvalue weighted by Gasteiger charge is 2.16. The number of hydrogen-bond acceptors (Lipinski definition) is 4. The van der Waals surface area contributed by atoms with Gasteiger partial charge in [-0.3, -0.25) is 0 Å².